The van der Waals surface area contributed by atoms with Gasteiger partial charge >= 0.3 is 6.18 Å². The molecule has 0 aliphatic heterocycles. The summed E-state index contributed by atoms with van der Waals surface area (Å²) in [5, 5.41) is 6.05. The molecule has 1 aliphatic rings. The Kier molecular flexibility index (Phi) is 7.49. The topological polar surface area (TPSA) is 82.2 Å². The van der Waals surface area contributed by atoms with Gasteiger partial charge in [-0.05, 0) is 59.7 Å². The number of halogens is 4. The fourth-order valence-corrected chi connectivity index (χ4v) is 4.21. The number of ether oxygens (including phenoxy) is 1. The Bertz CT molecular complexity index is 1470. The number of nitrogens with one attached hydrogen (secondary N) is 1. The van der Waals surface area contributed by atoms with Gasteiger partial charge in [0.25, 0.3) is 5.91 Å². The minimum Gasteiger partial charge on any atom is -0.368 e. The molecule has 0 saturated heterocycles. The van der Waals surface area contributed by atoms with E-state index in [1.165, 1.54) is 24.3 Å². The molecule has 5 rings (SSSR count). The lowest BCUT2D eigenvalue weighted by Gasteiger charge is -2.20. The Morgan fingerprint density at radius 2 is 1.79 bits per heavy atom. The van der Waals surface area contributed by atoms with Gasteiger partial charge in [-0.1, -0.05) is 48.5 Å². The molecule has 39 heavy (non-hydrogen) atoms. The van der Waals surface area contributed by atoms with Crippen molar-refractivity contribution in [3.05, 3.63) is 113 Å². The second-order valence-electron chi connectivity index (χ2n) is 9.46. The third-order valence-electron chi connectivity index (χ3n) is 6.46. The van der Waals surface area contributed by atoms with Crippen molar-refractivity contribution in [2.45, 2.75) is 31.7 Å². The smallest absolute Gasteiger partial charge is 0.368 e. The maximum absolute atomic E-state index is 14.9. The summed E-state index contributed by atoms with van der Waals surface area (Å²) >= 11 is 0. The Morgan fingerprint density at radius 3 is 2.49 bits per heavy atom. The summed E-state index contributed by atoms with van der Waals surface area (Å²) in [5.74, 6) is -1.22. The van der Waals surface area contributed by atoms with Crippen molar-refractivity contribution in [2.75, 3.05) is 11.9 Å². The maximum atomic E-state index is 14.9. The van der Waals surface area contributed by atoms with Crippen molar-refractivity contribution in [3.63, 3.8) is 0 Å². The summed E-state index contributed by atoms with van der Waals surface area (Å²) in [4.78, 5) is 13.3. The average Bonchev–Trinajstić information content (AvgIpc) is 3.64. The second kappa shape index (κ2) is 11.0. The number of anilines is 1. The fourth-order valence-electron chi connectivity index (χ4n) is 4.21. The van der Waals surface area contributed by atoms with Gasteiger partial charge in [0.05, 0.1) is 18.0 Å². The fraction of sp³-hybridized carbons (Fsp3) is 0.241. The normalized spacial score (nSPS) is 14.3. The molecular formula is C29H26F4N4O2. The number of carbonyl (C=O) groups excluding carboxylic acids is 1. The molecule has 1 fully saturated rings. The van der Waals surface area contributed by atoms with Crippen molar-refractivity contribution in [1.29, 1.82) is 0 Å². The summed E-state index contributed by atoms with van der Waals surface area (Å²) in [6.07, 6.45) is -3.12. The summed E-state index contributed by atoms with van der Waals surface area (Å²) in [7, 11) is 0. The number of nitrogens with zero attached hydrogens (tertiary/aromatic N) is 2. The predicted molar refractivity (Wildman–Crippen MR) is 138 cm³/mol. The minimum absolute atomic E-state index is 0.145. The van der Waals surface area contributed by atoms with E-state index in [9.17, 15) is 22.4 Å². The van der Waals surface area contributed by atoms with E-state index in [4.69, 9.17) is 10.5 Å². The number of benzene rings is 3. The highest BCUT2D eigenvalue weighted by Crippen LogP contribution is 2.35. The summed E-state index contributed by atoms with van der Waals surface area (Å²) < 4.78 is 62.5. The zero-order valence-electron chi connectivity index (χ0n) is 20.8. The zero-order valence-corrected chi connectivity index (χ0v) is 20.8. The van der Waals surface area contributed by atoms with Crippen LogP contribution in [0.1, 0.15) is 51.8 Å². The van der Waals surface area contributed by atoms with Crippen LogP contribution >= 0.6 is 0 Å². The highest BCUT2D eigenvalue weighted by molar-refractivity contribution is 6.03. The lowest BCUT2D eigenvalue weighted by atomic mass is 10.0. The Balaban J connectivity index is 1.48. The van der Waals surface area contributed by atoms with Gasteiger partial charge in [0, 0.05) is 12.6 Å². The number of alkyl halides is 3. The summed E-state index contributed by atoms with van der Waals surface area (Å²) in [5.41, 5.74) is 6.12. The highest BCUT2D eigenvalue weighted by Gasteiger charge is 2.36. The van der Waals surface area contributed by atoms with Crippen LogP contribution < -0.4 is 11.1 Å². The zero-order chi connectivity index (χ0) is 27.6. The van der Waals surface area contributed by atoms with Crippen molar-refractivity contribution >= 4 is 11.6 Å². The van der Waals surface area contributed by atoms with Gasteiger partial charge in [-0.25, -0.2) is 9.07 Å². The van der Waals surface area contributed by atoms with Gasteiger partial charge in [-0.2, -0.15) is 18.3 Å². The molecule has 3 N–H and O–H groups in total. The summed E-state index contributed by atoms with van der Waals surface area (Å²) in [6, 6.07) is 20.6. The number of nitrogens with two attached hydrogens (primary N) is 1. The Labute approximate surface area is 222 Å². The first-order chi connectivity index (χ1) is 18.7. The number of hydrogen-bond donors (Lipinski definition) is 2. The molecule has 1 heterocycles. The maximum Gasteiger partial charge on any atom is 0.435 e. The number of amides is 1. The Hall–Kier alpha value is -4.02. The van der Waals surface area contributed by atoms with Gasteiger partial charge in [-0.3, -0.25) is 4.79 Å². The van der Waals surface area contributed by atoms with Crippen LogP contribution in [-0.2, 0) is 17.5 Å². The van der Waals surface area contributed by atoms with E-state index in [1.54, 1.807) is 18.2 Å². The molecule has 3 aromatic carbocycles. The van der Waals surface area contributed by atoms with E-state index in [0.29, 0.717) is 29.7 Å². The van der Waals surface area contributed by atoms with Crippen LogP contribution in [0.25, 0.3) is 5.69 Å². The molecule has 1 aliphatic carbocycles. The van der Waals surface area contributed by atoms with Crippen LogP contribution in [0.3, 0.4) is 0 Å². The van der Waals surface area contributed by atoms with Crippen LogP contribution in [0, 0.1) is 11.7 Å². The molecule has 4 aromatic rings. The minimum atomic E-state index is -4.79. The first-order valence-corrected chi connectivity index (χ1v) is 12.5. The van der Waals surface area contributed by atoms with Crippen molar-refractivity contribution in [2.24, 2.45) is 11.7 Å². The van der Waals surface area contributed by atoms with Crippen molar-refractivity contribution < 1.29 is 27.1 Å². The predicted octanol–water partition coefficient (Wildman–Crippen LogP) is 6.26. The Morgan fingerprint density at radius 1 is 1.03 bits per heavy atom. The third kappa shape index (κ3) is 6.18. The van der Waals surface area contributed by atoms with Gasteiger partial charge < -0.3 is 15.8 Å². The van der Waals surface area contributed by atoms with Crippen LogP contribution in [0.4, 0.5) is 23.2 Å². The van der Waals surface area contributed by atoms with E-state index in [0.717, 1.165) is 23.1 Å². The van der Waals surface area contributed by atoms with Gasteiger partial charge in [0.15, 0.2) is 5.69 Å². The van der Waals surface area contributed by atoms with Crippen LogP contribution in [0.2, 0.25) is 0 Å². The number of aromatic nitrogens is 2. The van der Waals surface area contributed by atoms with E-state index in [-0.39, 0.29) is 17.9 Å². The van der Waals surface area contributed by atoms with E-state index >= 15 is 0 Å². The van der Waals surface area contributed by atoms with Crippen molar-refractivity contribution in [3.8, 4) is 5.69 Å². The number of carbonyl (C=O) groups is 1. The molecule has 1 saturated carbocycles. The van der Waals surface area contributed by atoms with E-state index in [1.807, 2.05) is 30.3 Å². The standard InChI is InChI=1S/C29H26F4N4O2/c30-23-12-11-21(27(39-17-18-9-10-18)20-6-2-1-3-7-20)14-24(23)35-28(38)25-15-26(29(31,32)33)36-37(25)22-8-4-5-19(13-22)16-34/h1-8,11-15,18,27H,9-10,16-17,34H2,(H,35,38)/t27-/m1/s1. The molecule has 1 atom stereocenters. The van der Waals surface area contributed by atoms with Crippen LogP contribution in [-0.4, -0.2) is 22.3 Å². The van der Waals surface area contributed by atoms with Gasteiger partial charge in [-0.15, -0.1) is 0 Å². The molecule has 0 spiro atoms. The highest BCUT2D eigenvalue weighted by atomic mass is 19.4. The molecule has 0 unspecified atom stereocenters. The first kappa shape index (κ1) is 26.6. The lowest BCUT2D eigenvalue weighted by Crippen LogP contribution is -2.18. The monoisotopic (exact) mass is 538 g/mol. The molecule has 0 radical (unpaired) electrons. The molecular weight excluding hydrogens is 512 g/mol. The molecule has 6 nitrogen and oxygen atoms in total. The summed E-state index contributed by atoms with van der Waals surface area (Å²) in [6.45, 7) is 0.687. The van der Waals surface area contributed by atoms with Crippen LogP contribution in [0.5, 0.6) is 0 Å². The van der Waals surface area contributed by atoms with E-state index < -0.39 is 35.4 Å². The number of hydrogen-bond acceptors (Lipinski definition) is 4. The SMILES string of the molecule is NCc1cccc(-n2nc(C(F)(F)F)cc2C(=O)Nc2cc([C@H](OCC3CC3)c3ccccc3)ccc2F)c1. The van der Waals surface area contributed by atoms with Crippen LogP contribution in [0.15, 0.2) is 78.9 Å². The quantitative estimate of drug-likeness (QED) is 0.247. The van der Waals surface area contributed by atoms with Crippen molar-refractivity contribution in [1.82, 2.24) is 9.78 Å². The molecule has 1 amide bonds. The molecule has 202 valence electrons. The van der Waals surface area contributed by atoms with E-state index in [2.05, 4.69) is 10.4 Å². The molecule has 1 aromatic heterocycles. The number of rotatable bonds is 9. The lowest BCUT2D eigenvalue weighted by molar-refractivity contribution is -0.141. The average molecular weight is 539 g/mol. The third-order valence-corrected chi connectivity index (χ3v) is 6.46. The largest absolute Gasteiger partial charge is 0.435 e. The first-order valence-electron chi connectivity index (χ1n) is 12.5. The molecule has 10 heteroatoms. The van der Waals surface area contributed by atoms with Gasteiger partial charge in [0.2, 0.25) is 0 Å². The molecule has 0 bridgehead atoms. The second-order valence-corrected chi connectivity index (χ2v) is 9.46. The van der Waals surface area contributed by atoms with Gasteiger partial charge in [0.1, 0.15) is 17.6 Å².